The van der Waals surface area contributed by atoms with Crippen LogP contribution in [0.1, 0.15) is 18.3 Å². The summed E-state index contributed by atoms with van der Waals surface area (Å²) in [6, 6.07) is 6.03. The lowest BCUT2D eigenvalue weighted by atomic mass is 10.1. The zero-order valence-electron chi connectivity index (χ0n) is 14.1. The number of hydrogen-bond donors (Lipinski definition) is 0. The highest BCUT2D eigenvalue weighted by molar-refractivity contribution is 7.99. The second-order valence-electron chi connectivity index (χ2n) is 5.31. The Morgan fingerprint density at radius 1 is 1.46 bits per heavy atom. The number of non-ortho nitro benzene ring substituents is 1. The topological polar surface area (TPSA) is 113 Å². The van der Waals surface area contributed by atoms with E-state index < -0.39 is 10.9 Å². The minimum atomic E-state index is -0.535. The number of ether oxygens (including phenoxy) is 1. The lowest BCUT2D eigenvalue weighted by molar-refractivity contribution is -0.384. The van der Waals surface area contributed by atoms with Crippen molar-refractivity contribution >= 4 is 35.2 Å². The Morgan fingerprint density at radius 2 is 2.27 bits per heavy atom. The first-order chi connectivity index (χ1) is 12.5. The average molecular weight is 373 g/mol. The zero-order valence-corrected chi connectivity index (χ0v) is 14.9. The summed E-state index contributed by atoms with van der Waals surface area (Å²) in [5.41, 5.74) is 1.20. The molecule has 0 fully saturated rings. The quantitative estimate of drug-likeness (QED) is 0.342. The lowest BCUT2D eigenvalue weighted by Gasteiger charge is -2.15. The molecule has 0 unspecified atom stereocenters. The second-order valence-corrected chi connectivity index (χ2v) is 6.25. The van der Waals surface area contributed by atoms with Crippen molar-refractivity contribution in [3.8, 4) is 0 Å². The fraction of sp³-hybridized carbons (Fsp3) is 0.250. The number of aryl methyl sites for hydroxylation is 1. The van der Waals surface area contributed by atoms with Crippen LogP contribution in [0.5, 0.6) is 0 Å². The molecule has 26 heavy (non-hydrogen) atoms. The number of rotatable bonds is 5. The van der Waals surface area contributed by atoms with Crippen LogP contribution < -0.4 is 0 Å². The van der Waals surface area contributed by atoms with Crippen LogP contribution in [0.3, 0.4) is 0 Å². The Hall–Kier alpha value is -3.01. The molecule has 9 nitrogen and oxygen atoms in total. The fourth-order valence-corrected chi connectivity index (χ4v) is 3.19. The molecule has 0 amide bonds. The summed E-state index contributed by atoms with van der Waals surface area (Å²) in [5, 5.41) is 24.0. The molecule has 0 N–H and O–H groups in total. The van der Waals surface area contributed by atoms with E-state index in [1.54, 1.807) is 36.7 Å². The molecule has 10 heteroatoms. The molecule has 1 aromatic heterocycles. The van der Waals surface area contributed by atoms with Gasteiger partial charge in [0, 0.05) is 17.9 Å². The standard InChI is InChI=1S/C16H15N5O4S/c1-3-25-15(22)13(8-11-5-4-6-12(7-11)21(23)24)14-9-26-16-18-17-10(2)20(16)19-14/h4-8H,3,9H2,1-2H3/b13-8+. The number of carbonyl (C=O) groups is 1. The molecule has 134 valence electrons. The number of benzene rings is 1. The Kier molecular flexibility index (Phi) is 5.12. The van der Waals surface area contributed by atoms with E-state index >= 15 is 0 Å². The third-order valence-corrected chi connectivity index (χ3v) is 4.46. The van der Waals surface area contributed by atoms with Gasteiger partial charge in [0.1, 0.15) is 0 Å². The van der Waals surface area contributed by atoms with E-state index in [-0.39, 0.29) is 17.9 Å². The van der Waals surface area contributed by atoms with Gasteiger partial charge in [-0.1, -0.05) is 23.9 Å². The van der Waals surface area contributed by atoms with E-state index in [2.05, 4.69) is 15.3 Å². The number of thioether (sulfide) groups is 1. The SMILES string of the molecule is CCOC(=O)/C(=C/c1cccc([N+](=O)[O-])c1)C1=Nn2c(C)nnc2SC1. The number of esters is 1. The number of carbonyl (C=O) groups excluding carboxylic acids is 1. The van der Waals surface area contributed by atoms with Gasteiger partial charge in [-0.3, -0.25) is 10.1 Å². The number of aromatic nitrogens is 3. The minimum Gasteiger partial charge on any atom is -0.462 e. The first-order valence-corrected chi connectivity index (χ1v) is 8.74. The van der Waals surface area contributed by atoms with Gasteiger partial charge in [0.15, 0.2) is 5.82 Å². The van der Waals surface area contributed by atoms with Gasteiger partial charge in [-0.15, -0.1) is 10.2 Å². The van der Waals surface area contributed by atoms with Crippen molar-refractivity contribution in [1.29, 1.82) is 0 Å². The van der Waals surface area contributed by atoms with Crippen molar-refractivity contribution < 1.29 is 14.5 Å². The fourth-order valence-electron chi connectivity index (χ4n) is 2.32. The highest BCUT2D eigenvalue weighted by Gasteiger charge is 2.24. The van der Waals surface area contributed by atoms with E-state index in [0.717, 1.165) is 0 Å². The predicted molar refractivity (Wildman–Crippen MR) is 96.0 cm³/mol. The van der Waals surface area contributed by atoms with Crippen molar-refractivity contribution in [2.75, 3.05) is 12.4 Å². The Balaban J connectivity index is 2.05. The number of fused-ring (bicyclic) bond motifs is 1. The molecule has 0 radical (unpaired) electrons. The van der Waals surface area contributed by atoms with Crippen molar-refractivity contribution in [2.24, 2.45) is 5.10 Å². The Morgan fingerprint density at radius 3 is 3.00 bits per heavy atom. The molecular formula is C16H15N5O4S. The van der Waals surface area contributed by atoms with E-state index in [4.69, 9.17) is 4.74 Å². The van der Waals surface area contributed by atoms with Crippen LogP contribution in [0.2, 0.25) is 0 Å². The third kappa shape index (κ3) is 3.64. The van der Waals surface area contributed by atoms with E-state index in [1.807, 2.05) is 0 Å². The smallest absolute Gasteiger partial charge is 0.340 e. The van der Waals surface area contributed by atoms with Gasteiger partial charge < -0.3 is 4.74 Å². The van der Waals surface area contributed by atoms with Crippen molar-refractivity contribution in [2.45, 2.75) is 19.0 Å². The maximum absolute atomic E-state index is 12.4. The number of nitro groups is 1. The lowest BCUT2D eigenvalue weighted by Crippen LogP contribution is -2.21. The predicted octanol–water partition coefficient (Wildman–Crippen LogP) is 2.45. The van der Waals surface area contributed by atoms with Crippen LogP contribution in [-0.2, 0) is 9.53 Å². The third-order valence-electron chi connectivity index (χ3n) is 3.52. The largest absolute Gasteiger partial charge is 0.462 e. The van der Waals surface area contributed by atoms with E-state index in [9.17, 15) is 14.9 Å². The summed E-state index contributed by atoms with van der Waals surface area (Å²) in [6.45, 7) is 3.68. The highest BCUT2D eigenvalue weighted by Crippen LogP contribution is 2.25. The molecule has 1 aliphatic rings. The molecule has 3 rings (SSSR count). The van der Waals surface area contributed by atoms with Crippen LogP contribution in [0.4, 0.5) is 5.69 Å². The van der Waals surface area contributed by atoms with Crippen molar-refractivity contribution in [3.63, 3.8) is 0 Å². The molecule has 1 aromatic carbocycles. The van der Waals surface area contributed by atoms with Crippen molar-refractivity contribution in [3.05, 3.63) is 51.3 Å². The summed E-state index contributed by atoms with van der Waals surface area (Å²) in [7, 11) is 0. The molecule has 0 spiro atoms. The van der Waals surface area contributed by atoms with Gasteiger partial charge in [-0.2, -0.15) is 9.78 Å². The molecule has 2 aromatic rings. The number of nitro benzene ring substituents is 1. The maximum Gasteiger partial charge on any atom is 0.340 e. The van der Waals surface area contributed by atoms with Crippen LogP contribution in [-0.4, -0.2) is 43.8 Å². The molecule has 0 bridgehead atoms. The van der Waals surface area contributed by atoms with Gasteiger partial charge in [-0.05, 0) is 25.5 Å². The van der Waals surface area contributed by atoms with Crippen LogP contribution in [0.25, 0.3) is 6.08 Å². The summed E-state index contributed by atoms with van der Waals surface area (Å²) in [6.07, 6.45) is 1.55. The first kappa shape index (κ1) is 17.8. The van der Waals surface area contributed by atoms with Gasteiger partial charge in [-0.25, -0.2) is 4.79 Å². The zero-order chi connectivity index (χ0) is 18.7. The number of hydrogen-bond acceptors (Lipinski definition) is 8. The second kappa shape index (κ2) is 7.48. The molecule has 1 aliphatic heterocycles. The van der Waals surface area contributed by atoms with Crippen molar-refractivity contribution in [1.82, 2.24) is 14.9 Å². The molecule has 0 atom stereocenters. The average Bonchev–Trinajstić information content (AvgIpc) is 3.00. The summed E-state index contributed by atoms with van der Waals surface area (Å²) >= 11 is 1.40. The van der Waals surface area contributed by atoms with E-state index in [0.29, 0.717) is 28.0 Å². The normalized spacial score (nSPS) is 13.8. The van der Waals surface area contributed by atoms with Crippen LogP contribution in [0, 0.1) is 17.0 Å². The van der Waals surface area contributed by atoms with Gasteiger partial charge in [0.05, 0.1) is 22.8 Å². The first-order valence-electron chi connectivity index (χ1n) is 7.76. The van der Waals surface area contributed by atoms with Crippen LogP contribution in [0.15, 0.2) is 40.1 Å². The number of nitrogens with zero attached hydrogens (tertiary/aromatic N) is 5. The van der Waals surface area contributed by atoms with Crippen LogP contribution >= 0.6 is 11.8 Å². The molecular weight excluding hydrogens is 358 g/mol. The van der Waals surface area contributed by atoms with Gasteiger partial charge in [0.25, 0.3) is 5.69 Å². The minimum absolute atomic E-state index is 0.0566. The Bertz CT molecular complexity index is 934. The summed E-state index contributed by atoms with van der Waals surface area (Å²) < 4.78 is 6.69. The van der Waals surface area contributed by atoms with Gasteiger partial charge >= 0.3 is 5.97 Å². The summed E-state index contributed by atoms with van der Waals surface area (Å²) in [4.78, 5) is 22.9. The van der Waals surface area contributed by atoms with Gasteiger partial charge in [0.2, 0.25) is 5.16 Å². The summed E-state index contributed by atoms with van der Waals surface area (Å²) in [5.74, 6) is 0.480. The molecule has 0 saturated heterocycles. The molecule has 0 aliphatic carbocycles. The highest BCUT2D eigenvalue weighted by atomic mass is 32.2. The monoisotopic (exact) mass is 373 g/mol. The molecule has 2 heterocycles. The Labute approximate surface area is 152 Å². The maximum atomic E-state index is 12.4. The molecule has 0 saturated carbocycles. The van der Waals surface area contributed by atoms with E-state index in [1.165, 1.54) is 23.9 Å².